The van der Waals surface area contributed by atoms with Gasteiger partial charge in [-0.25, -0.2) is 4.79 Å². The molecule has 1 aliphatic heterocycles. The first-order chi connectivity index (χ1) is 13.4. The molecule has 2 heterocycles. The summed E-state index contributed by atoms with van der Waals surface area (Å²) in [5.74, 6) is 6.12. The molecule has 4 rings (SSSR count). The average molecular weight is 387 g/mol. The molecule has 0 unspecified atom stereocenters. The van der Waals surface area contributed by atoms with Gasteiger partial charge in [0.25, 0.3) is 5.56 Å². The van der Waals surface area contributed by atoms with Crippen LogP contribution in [0.4, 0.5) is 5.69 Å². The molecule has 2 fully saturated rings. The summed E-state index contributed by atoms with van der Waals surface area (Å²) in [4.78, 5) is 27.5. The molecule has 0 radical (unpaired) electrons. The molecule has 8 nitrogen and oxygen atoms in total. The lowest BCUT2D eigenvalue weighted by Gasteiger charge is -2.24. The van der Waals surface area contributed by atoms with Crippen LogP contribution in [0.5, 0.6) is 0 Å². The predicted molar refractivity (Wildman–Crippen MR) is 110 cm³/mol. The van der Waals surface area contributed by atoms with Gasteiger partial charge >= 0.3 is 5.69 Å². The van der Waals surface area contributed by atoms with Gasteiger partial charge in [-0.15, -0.1) is 0 Å². The molecular formula is C20H29N5O3. The van der Waals surface area contributed by atoms with E-state index >= 15 is 0 Å². The third kappa shape index (κ3) is 3.10. The lowest BCUT2D eigenvalue weighted by atomic mass is 10.0. The number of nitrogens with two attached hydrogens (primary N) is 2. The Hall–Kier alpha value is -2.32. The summed E-state index contributed by atoms with van der Waals surface area (Å²) in [5.41, 5.74) is 8.17. The maximum Gasteiger partial charge on any atom is 0.350 e. The Morgan fingerprint density at radius 1 is 1.25 bits per heavy atom. The third-order valence-corrected chi connectivity index (χ3v) is 6.10. The number of nitrogen functional groups attached to an aromatic ring is 1. The van der Waals surface area contributed by atoms with E-state index in [2.05, 4.69) is 4.90 Å². The van der Waals surface area contributed by atoms with Gasteiger partial charge in [0.1, 0.15) is 0 Å². The average Bonchev–Trinajstić information content (AvgIpc) is 3.40. The van der Waals surface area contributed by atoms with Crippen molar-refractivity contribution in [3.63, 3.8) is 0 Å². The van der Waals surface area contributed by atoms with Gasteiger partial charge in [0, 0.05) is 37.5 Å². The number of hydrogen-bond donors (Lipinski definition) is 2. The zero-order valence-corrected chi connectivity index (χ0v) is 16.6. The number of aromatic nitrogens is 2. The number of hydrogen-bond acceptors (Lipinski definition) is 6. The summed E-state index contributed by atoms with van der Waals surface area (Å²) in [6, 6.07) is 3.91. The summed E-state index contributed by atoms with van der Waals surface area (Å²) >= 11 is 0. The molecule has 1 aromatic heterocycles. The molecular weight excluding hydrogens is 358 g/mol. The highest BCUT2D eigenvalue weighted by Gasteiger charge is 2.32. The van der Waals surface area contributed by atoms with Gasteiger partial charge in [-0.1, -0.05) is 0 Å². The molecule has 28 heavy (non-hydrogen) atoms. The fourth-order valence-corrected chi connectivity index (χ4v) is 4.36. The lowest BCUT2D eigenvalue weighted by Crippen LogP contribution is -2.44. The SMILES string of the molecule is CCOC[C@@H](N)[C@@H]1CCN(c2ccc3c(=O)n(N)c(=O)n(C4CC4)c3c2C)C1. The summed E-state index contributed by atoms with van der Waals surface area (Å²) in [7, 11) is 0. The summed E-state index contributed by atoms with van der Waals surface area (Å²) < 4.78 is 7.93. The van der Waals surface area contributed by atoms with Gasteiger partial charge < -0.3 is 21.2 Å². The van der Waals surface area contributed by atoms with Crippen LogP contribution in [0, 0.1) is 12.8 Å². The van der Waals surface area contributed by atoms with E-state index < -0.39 is 11.2 Å². The van der Waals surface area contributed by atoms with E-state index in [0.717, 1.165) is 53.8 Å². The molecule has 0 bridgehead atoms. The molecule has 8 heteroatoms. The van der Waals surface area contributed by atoms with E-state index in [1.807, 2.05) is 19.9 Å². The Balaban J connectivity index is 1.73. The molecule has 1 saturated heterocycles. The molecule has 0 spiro atoms. The van der Waals surface area contributed by atoms with Crippen LogP contribution < -0.4 is 27.7 Å². The Morgan fingerprint density at radius 2 is 2.00 bits per heavy atom. The van der Waals surface area contributed by atoms with Crippen LogP contribution in [0.15, 0.2) is 21.7 Å². The van der Waals surface area contributed by atoms with Crippen molar-refractivity contribution in [1.29, 1.82) is 0 Å². The third-order valence-electron chi connectivity index (χ3n) is 6.10. The highest BCUT2D eigenvalue weighted by atomic mass is 16.5. The lowest BCUT2D eigenvalue weighted by molar-refractivity contribution is 0.119. The minimum atomic E-state index is -0.440. The first-order valence-electron chi connectivity index (χ1n) is 10.1. The standard InChI is InChI=1S/C20H29N5O3/c1-3-28-11-16(21)13-8-9-23(10-13)17-7-6-15-18(12(17)2)24(14-4-5-14)20(27)25(22)19(15)26/h6-7,13-14,16H,3-5,8-11,21-22H2,1-2H3/t13-,16-/m1/s1. The van der Waals surface area contributed by atoms with Crippen LogP contribution in [0.25, 0.3) is 10.9 Å². The highest BCUT2D eigenvalue weighted by molar-refractivity contribution is 5.87. The van der Waals surface area contributed by atoms with Crippen LogP contribution in [0.3, 0.4) is 0 Å². The maximum absolute atomic E-state index is 12.7. The van der Waals surface area contributed by atoms with E-state index in [1.165, 1.54) is 0 Å². The molecule has 152 valence electrons. The predicted octanol–water partition coefficient (Wildman–Crippen LogP) is 0.710. The first kappa shape index (κ1) is 19.0. The number of rotatable bonds is 6. The summed E-state index contributed by atoms with van der Waals surface area (Å²) in [6.45, 7) is 6.96. The largest absolute Gasteiger partial charge is 0.380 e. The molecule has 2 aliphatic rings. The van der Waals surface area contributed by atoms with E-state index in [-0.39, 0.29) is 12.1 Å². The minimum Gasteiger partial charge on any atom is -0.380 e. The van der Waals surface area contributed by atoms with Crippen molar-refractivity contribution in [2.45, 2.75) is 45.2 Å². The molecule has 1 aliphatic carbocycles. The number of ether oxygens (including phenoxy) is 1. The van der Waals surface area contributed by atoms with Gasteiger partial charge in [-0.3, -0.25) is 9.36 Å². The monoisotopic (exact) mass is 387 g/mol. The van der Waals surface area contributed by atoms with Gasteiger partial charge in [0.2, 0.25) is 0 Å². The second-order valence-electron chi connectivity index (χ2n) is 7.98. The first-order valence-corrected chi connectivity index (χ1v) is 10.1. The zero-order valence-electron chi connectivity index (χ0n) is 16.6. The molecule has 0 amide bonds. The molecule has 2 aromatic rings. The second-order valence-corrected chi connectivity index (χ2v) is 7.98. The second kappa shape index (κ2) is 7.25. The van der Waals surface area contributed by atoms with Crippen molar-refractivity contribution in [3.8, 4) is 0 Å². The molecule has 1 saturated carbocycles. The highest BCUT2D eigenvalue weighted by Crippen LogP contribution is 2.38. The van der Waals surface area contributed by atoms with Crippen LogP contribution >= 0.6 is 0 Å². The van der Waals surface area contributed by atoms with E-state index in [1.54, 1.807) is 10.6 Å². The topological polar surface area (TPSA) is 109 Å². The van der Waals surface area contributed by atoms with Gasteiger partial charge in [-0.2, -0.15) is 4.68 Å². The molecule has 4 N–H and O–H groups in total. The zero-order chi connectivity index (χ0) is 20.0. The number of anilines is 1. The quantitative estimate of drug-likeness (QED) is 0.707. The van der Waals surface area contributed by atoms with Crippen molar-refractivity contribution < 1.29 is 4.74 Å². The van der Waals surface area contributed by atoms with Crippen molar-refractivity contribution in [2.24, 2.45) is 11.7 Å². The van der Waals surface area contributed by atoms with Crippen molar-refractivity contribution in [3.05, 3.63) is 38.5 Å². The van der Waals surface area contributed by atoms with Crippen LogP contribution in [0.2, 0.25) is 0 Å². The number of aryl methyl sites for hydroxylation is 1. The van der Waals surface area contributed by atoms with Crippen LogP contribution in [-0.4, -0.2) is 41.6 Å². The number of benzene rings is 1. The number of nitrogens with zero attached hydrogens (tertiary/aromatic N) is 3. The van der Waals surface area contributed by atoms with E-state index in [4.69, 9.17) is 16.3 Å². The Labute approximate surface area is 163 Å². The molecule has 1 aromatic carbocycles. The van der Waals surface area contributed by atoms with Crippen LogP contribution in [0.1, 0.15) is 37.8 Å². The van der Waals surface area contributed by atoms with Gasteiger partial charge in [-0.05, 0) is 56.7 Å². The Bertz CT molecular complexity index is 1010. The summed E-state index contributed by atoms with van der Waals surface area (Å²) in [6.07, 6.45) is 2.88. The van der Waals surface area contributed by atoms with Crippen LogP contribution in [-0.2, 0) is 4.74 Å². The van der Waals surface area contributed by atoms with E-state index in [9.17, 15) is 9.59 Å². The maximum atomic E-state index is 12.7. The minimum absolute atomic E-state index is 0.0137. The van der Waals surface area contributed by atoms with Gasteiger partial charge in [0.05, 0.1) is 17.5 Å². The van der Waals surface area contributed by atoms with Crippen molar-refractivity contribution in [1.82, 2.24) is 9.24 Å². The van der Waals surface area contributed by atoms with E-state index in [0.29, 0.717) is 24.5 Å². The Morgan fingerprint density at radius 3 is 2.68 bits per heavy atom. The fourth-order valence-electron chi connectivity index (χ4n) is 4.36. The summed E-state index contributed by atoms with van der Waals surface area (Å²) in [5, 5.41) is 0.499. The number of fused-ring (bicyclic) bond motifs is 1. The molecule has 2 atom stereocenters. The van der Waals surface area contributed by atoms with Gasteiger partial charge in [0.15, 0.2) is 0 Å². The smallest absolute Gasteiger partial charge is 0.350 e. The fraction of sp³-hybridized carbons (Fsp3) is 0.600. The van der Waals surface area contributed by atoms with Crippen molar-refractivity contribution in [2.75, 3.05) is 37.0 Å². The normalized spacial score (nSPS) is 20.8. The van der Waals surface area contributed by atoms with Crippen molar-refractivity contribution >= 4 is 16.6 Å². The Kier molecular flexibility index (Phi) is 4.93.